The summed E-state index contributed by atoms with van der Waals surface area (Å²) >= 11 is 0. The van der Waals surface area contributed by atoms with E-state index in [4.69, 9.17) is 14.2 Å². The third kappa shape index (κ3) is 2.63. The highest BCUT2D eigenvalue weighted by molar-refractivity contribution is 4.99. The molecule has 2 N–H and O–H groups in total. The lowest BCUT2D eigenvalue weighted by Crippen LogP contribution is -2.29. The normalized spacial score (nSPS) is 43.8. The molecule has 2 aliphatic rings. The molecule has 0 spiro atoms. The fourth-order valence-corrected chi connectivity index (χ4v) is 2.34. The molecule has 2 heterocycles. The molecule has 5 heteroatoms. The Bertz CT molecular complexity index is 246. The van der Waals surface area contributed by atoms with Gasteiger partial charge in [0.05, 0.1) is 13.2 Å². The summed E-state index contributed by atoms with van der Waals surface area (Å²) in [6, 6.07) is 0. The molecule has 4 unspecified atom stereocenters. The van der Waals surface area contributed by atoms with Crippen LogP contribution in [0.15, 0.2) is 0 Å². The van der Waals surface area contributed by atoms with Gasteiger partial charge in [0.1, 0.15) is 11.2 Å². The first kappa shape index (κ1) is 13.2. The highest BCUT2D eigenvalue weighted by atomic mass is 16.8. The Hall–Kier alpha value is -0.200. The molecule has 4 atom stereocenters. The SMILES string of the molecule is CCCC1(COCC2(CCC)OC2O)OC1O. The summed E-state index contributed by atoms with van der Waals surface area (Å²) in [5, 5.41) is 18.9. The molecule has 100 valence electrons. The molecule has 2 saturated heterocycles. The molecule has 0 bridgehead atoms. The number of rotatable bonds is 8. The maximum atomic E-state index is 9.43. The number of aliphatic hydroxyl groups excluding tert-OH is 2. The van der Waals surface area contributed by atoms with Gasteiger partial charge in [0.25, 0.3) is 0 Å². The van der Waals surface area contributed by atoms with Gasteiger partial charge in [0.2, 0.25) is 0 Å². The van der Waals surface area contributed by atoms with Crippen molar-refractivity contribution in [2.24, 2.45) is 0 Å². The molecule has 17 heavy (non-hydrogen) atoms. The molecule has 0 radical (unpaired) electrons. The minimum atomic E-state index is -0.699. The zero-order valence-corrected chi connectivity index (χ0v) is 10.5. The van der Waals surface area contributed by atoms with Crippen molar-refractivity contribution in [3.63, 3.8) is 0 Å². The molecule has 2 aliphatic heterocycles. The topological polar surface area (TPSA) is 74.8 Å². The van der Waals surface area contributed by atoms with Crippen LogP contribution in [-0.2, 0) is 14.2 Å². The molecule has 2 rings (SSSR count). The van der Waals surface area contributed by atoms with Crippen LogP contribution in [0.2, 0.25) is 0 Å². The number of ether oxygens (including phenoxy) is 3. The molecule has 0 aromatic heterocycles. The largest absolute Gasteiger partial charge is 0.375 e. The summed E-state index contributed by atoms with van der Waals surface area (Å²) in [5.41, 5.74) is -1.02. The quantitative estimate of drug-likeness (QED) is 0.619. The van der Waals surface area contributed by atoms with Crippen LogP contribution >= 0.6 is 0 Å². The molecule has 5 nitrogen and oxygen atoms in total. The van der Waals surface area contributed by atoms with Crippen molar-refractivity contribution in [2.45, 2.75) is 63.3 Å². The fraction of sp³-hybridized carbons (Fsp3) is 1.00. The number of hydrogen-bond donors (Lipinski definition) is 2. The Balaban J connectivity index is 1.72. The van der Waals surface area contributed by atoms with Crippen molar-refractivity contribution in [3.8, 4) is 0 Å². The van der Waals surface area contributed by atoms with Crippen LogP contribution in [0.4, 0.5) is 0 Å². The smallest absolute Gasteiger partial charge is 0.187 e. The van der Waals surface area contributed by atoms with Crippen molar-refractivity contribution < 1.29 is 24.4 Å². The maximum absolute atomic E-state index is 9.43. The van der Waals surface area contributed by atoms with E-state index < -0.39 is 23.8 Å². The molecule has 0 aliphatic carbocycles. The van der Waals surface area contributed by atoms with Gasteiger partial charge in [-0.1, -0.05) is 26.7 Å². The van der Waals surface area contributed by atoms with Crippen molar-refractivity contribution in [1.29, 1.82) is 0 Å². The zero-order chi connectivity index (χ0) is 12.5. The van der Waals surface area contributed by atoms with Gasteiger partial charge in [-0.15, -0.1) is 0 Å². The van der Waals surface area contributed by atoms with Crippen molar-refractivity contribution >= 4 is 0 Å². The second-order valence-corrected chi connectivity index (χ2v) is 5.06. The lowest BCUT2D eigenvalue weighted by Gasteiger charge is -2.14. The van der Waals surface area contributed by atoms with Gasteiger partial charge in [-0.2, -0.15) is 0 Å². The third-order valence-electron chi connectivity index (χ3n) is 3.52. The molecule has 2 fully saturated rings. The second kappa shape index (κ2) is 4.82. The summed E-state index contributed by atoms with van der Waals surface area (Å²) in [4.78, 5) is 0. The van der Waals surface area contributed by atoms with E-state index >= 15 is 0 Å². The van der Waals surface area contributed by atoms with Gasteiger partial charge >= 0.3 is 0 Å². The Morgan fingerprint density at radius 2 is 1.29 bits per heavy atom. The van der Waals surface area contributed by atoms with E-state index in [-0.39, 0.29) is 0 Å². The summed E-state index contributed by atoms with van der Waals surface area (Å²) < 4.78 is 16.0. The monoisotopic (exact) mass is 246 g/mol. The van der Waals surface area contributed by atoms with Crippen molar-refractivity contribution in [1.82, 2.24) is 0 Å². The standard InChI is InChI=1S/C12H22O5/c1-3-5-11(9(13)16-11)7-15-8-12(6-4-2)10(14)17-12/h9-10,13-14H,3-8H2,1-2H3. The van der Waals surface area contributed by atoms with E-state index in [1.165, 1.54) is 0 Å². The molecule has 0 amide bonds. The predicted octanol–water partition coefficient (Wildman–Crippen LogP) is 0.778. The van der Waals surface area contributed by atoms with Gasteiger partial charge in [-0.25, -0.2) is 0 Å². The van der Waals surface area contributed by atoms with Gasteiger partial charge in [0, 0.05) is 0 Å². The second-order valence-electron chi connectivity index (χ2n) is 5.06. The van der Waals surface area contributed by atoms with E-state index in [2.05, 4.69) is 0 Å². The van der Waals surface area contributed by atoms with Crippen LogP contribution < -0.4 is 0 Å². The minimum Gasteiger partial charge on any atom is -0.375 e. The van der Waals surface area contributed by atoms with Crippen LogP contribution in [0.5, 0.6) is 0 Å². The minimum absolute atomic E-state index is 0.365. The van der Waals surface area contributed by atoms with Crippen LogP contribution in [0.3, 0.4) is 0 Å². The molecular formula is C12H22O5. The fourth-order valence-electron chi connectivity index (χ4n) is 2.34. The first-order chi connectivity index (χ1) is 8.08. The van der Waals surface area contributed by atoms with Crippen LogP contribution in [0.1, 0.15) is 39.5 Å². The lowest BCUT2D eigenvalue weighted by molar-refractivity contribution is 0.0366. The first-order valence-corrected chi connectivity index (χ1v) is 6.38. The summed E-state index contributed by atoms with van der Waals surface area (Å²) in [6.07, 6.45) is 2.07. The Kier molecular flexibility index (Phi) is 3.75. The molecule has 0 aromatic carbocycles. The Morgan fingerprint density at radius 3 is 1.53 bits per heavy atom. The van der Waals surface area contributed by atoms with E-state index in [1.54, 1.807) is 0 Å². The highest BCUT2D eigenvalue weighted by Gasteiger charge is 2.58. The van der Waals surface area contributed by atoms with Crippen molar-refractivity contribution in [2.75, 3.05) is 13.2 Å². The number of hydrogen-bond acceptors (Lipinski definition) is 5. The zero-order valence-electron chi connectivity index (χ0n) is 10.5. The van der Waals surface area contributed by atoms with Crippen LogP contribution in [-0.4, -0.2) is 47.2 Å². The first-order valence-electron chi connectivity index (χ1n) is 6.38. The predicted molar refractivity (Wildman–Crippen MR) is 60.3 cm³/mol. The van der Waals surface area contributed by atoms with Gasteiger partial charge in [0.15, 0.2) is 12.6 Å². The van der Waals surface area contributed by atoms with Crippen LogP contribution in [0, 0.1) is 0 Å². The van der Waals surface area contributed by atoms with Gasteiger partial charge in [-0.05, 0) is 12.8 Å². The molecular weight excluding hydrogens is 224 g/mol. The number of epoxide rings is 2. The average Bonchev–Trinajstić information content (AvgIpc) is 3.08. The third-order valence-corrected chi connectivity index (χ3v) is 3.52. The van der Waals surface area contributed by atoms with E-state index in [0.717, 1.165) is 25.7 Å². The Morgan fingerprint density at radius 1 is 0.941 bits per heavy atom. The summed E-state index contributed by atoms with van der Waals surface area (Å²) in [6.45, 7) is 4.82. The van der Waals surface area contributed by atoms with E-state index in [9.17, 15) is 10.2 Å². The highest BCUT2D eigenvalue weighted by Crippen LogP contribution is 2.42. The van der Waals surface area contributed by atoms with Gasteiger partial charge < -0.3 is 24.4 Å². The van der Waals surface area contributed by atoms with E-state index in [0.29, 0.717) is 13.2 Å². The van der Waals surface area contributed by atoms with Gasteiger partial charge in [-0.3, -0.25) is 0 Å². The summed E-state index contributed by atoms with van der Waals surface area (Å²) in [7, 11) is 0. The number of aliphatic hydroxyl groups is 2. The van der Waals surface area contributed by atoms with Crippen LogP contribution in [0.25, 0.3) is 0 Å². The van der Waals surface area contributed by atoms with Crippen molar-refractivity contribution in [3.05, 3.63) is 0 Å². The average molecular weight is 246 g/mol. The molecule has 0 aromatic rings. The maximum Gasteiger partial charge on any atom is 0.187 e. The lowest BCUT2D eigenvalue weighted by atomic mass is 10.0. The van der Waals surface area contributed by atoms with E-state index in [1.807, 2.05) is 13.8 Å². The Labute approximate surface area is 102 Å². The summed E-state index contributed by atoms with van der Waals surface area (Å²) in [5.74, 6) is 0. The molecule has 0 saturated carbocycles.